The molecule has 2 heterocycles. The maximum Gasteiger partial charge on any atom is 0.327 e. The van der Waals surface area contributed by atoms with E-state index in [9.17, 15) is 4.79 Å². The van der Waals surface area contributed by atoms with Gasteiger partial charge in [0.1, 0.15) is 0 Å². The van der Waals surface area contributed by atoms with Crippen LogP contribution in [0.4, 0.5) is 0 Å². The van der Waals surface area contributed by atoms with Crippen LogP contribution in [0.15, 0.2) is 24.3 Å². The van der Waals surface area contributed by atoms with Crippen molar-refractivity contribution in [1.82, 2.24) is 0 Å². The first-order valence-corrected chi connectivity index (χ1v) is 8.00. The maximum absolute atomic E-state index is 10.4. The Morgan fingerprint density at radius 1 is 1.24 bits per heavy atom. The van der Waals surface area contributed by atoms with Crippen molar-refractivity contribution in [1.29, 1.82) is 0 Å². The highest BCUT2D eigenvalue weighted by molar-refractivity contribution is 5.79. The van der Waals surface area contributed by atoms with Crippen LogP contribution < -0.4 is 0 Å². The summed E-state index contributed by atoms with van der Waals surface area (Å²) in [6, 6.07) is 0. The zero-order valence-electron chi connectivity index (χ0n) is 12.7. The Kier molecular flexibility index (Phi) is 6.46. The van der Waals surface area contributed by atoms with E-state index in [4.69, 9.17) is 14.6 Å². The zero-order valence-corrected chi connectivity index (χ0v) is 12.7. The van der Waals surface area contributed by atoms with Crippen LogP contribution in [-0.2, 0) is 14.3 Å². The summed E-state index contributed by atoms with van der Waals surface area (Å²) >= 11 is 0. The summed E-state index contributed by atoms with van der Waals surface area (Å²) in [6.45, 7) is 3.77. The lowest BCUT2D eigenvalue weighted by Gasteiger charge is -2.27. The van der Waals surface area contributed by atoms with E-state index in [1.165, 1.54) is 18.9 Å². The lowest BCUT2D eigenvalue weighted by molar-refractivity contribution is -0.131. The van der Waals surface area contributed by atoms with Gasteiger partial charge in [0.2, 0.25) is 0 Å². The molecule has 0 aromatic carbocycles. The molecule has 2 aliphatic heterocycles. The van der Waals surface area contributed by atoms with Crippen LogP contribution >= 0.6 is 0 Å². The lowest BCUT2D eigenvalue weighted by Crippen LogP contribution is -2.30. The molecular weight excluding hydrogens is 268 g/mol. The van der Waals surface area contributed by atoms with Gasteiger partial charge in [0.05, 0.1) is 18.8 Å². The van der Waals surface area contributed by atoms with Gasteiger partial charge in [0.25, 0.3) is 0 Å². The Labute approximate surface area is 126 Å². The van der Waals surface area contributed by atoms with Crippen molar-refractivity contribution in [3.8, 4) is 0 Å². The van der Waals surface area contributed by atoms with Crippen LogP contribution in [0.2, 0.25) is 0 Å². The second kappa shape index (κ2) is 8.35. The van der Waals surface area contributed by atoms with Gasteiger partial charge in [-0.2, -0.15) is 0 Å². The van der Waals surface area contributed by atoms with E-state index >= 15 is 0 Å². The molecular formula is C17H26O4. The highest BCUT2D eigenvalue weighted by atomic mass is 16.5. The molecule has 1 N–H and O–H groups in total. The topological polar surface area (TPSA) is 55.8 Å². The molecule has 0 spiro atoms. The molecule has 2 fully saturated rings. The molecule has 2 saturated heterocycles. The molecule has 2 rings (SSSR count). The fourth-order valence-electron chi connectivity index (χ4n) is 3.39. The highest BCUT2D eigenvalue weighted by Gasteiger charge is 2.47. The van der Waals surface area contributed by atoms with Crippen LogP contribution in [-0.4, -0.2) is 36.5 Å². The third-order valence-corrected chi connectivity index (χ3v) is 4.36. The number of hydrogen-bond acceptors (Lipinski definition) is 3. The minimum atomic E-state index is -0.891. The molecule has 4 heteroatoms. The number of rotatable bonds is 9. The molecule has 4 atom stereocenters. The Morgan fingerprint density at radius 2 is 2.00 bits per heavy atom. The first-order valence-electron chi connectivity index (χ1n) is 8.00. The minimum absolute atomic E-state index is 0.386. The van der Waals surface area contributed by atoms with Gasteiger partial charge in [-0.05, 0) is 38.0 Å². The normalized spacial score (nSPS) is 31.7. The summed E-state index contributed by atoms with van der Waals surface area (Å²) in [4.78, 5) is 10.4. The molecule has 2 aliphatic rings. The van der Waals surface area contributed by atoms with Gasteiger partial charge in [0.15, 0.2) is 0 Å². The summed E-state index contributed by atoms with van der Waals surface area (Å²) in [5.41, 5.74) is 0. The van der Waals surface area contributed by atoms with Gasteiger partial charge < -0.3 is 14.6 Å². The van der Waals surface area contributed by atoms with E-state index in [0.29, 0.717) is 30.5 Å². The van der Waals surface area contributed by atoms with E-state index < -0.39 is 5.97 Å². The van der Waals surface area contributed by atoms with E-state index in [2.05, 4.69) is 13.0 Å². The van der Waals surface area contributed by atoms with Gasteiger partial charge in [-0.1, -0.05) is 25.2 Å². The summed E-state index contributed by atoms with van der Waals surface area (Å²) in [5.74, 6) is 0.188. The van der Waals surface area contributed by atoms with Crippen molar-refractivity contribution in [2.45, 2.75) is 51.2 Å². The molecule has 0 saturated carbocycles. The monoisotopic (exact) mass is 294 g/mol. The van der Waals surface area contributed by atoms with Gasteiger partial charge in [-0.25, -0.2) is 4.79 Å². The van der Waals surface area contributed by atoms with Gasteiger partial charge in [-0.3, -0.25) is 0 Å². The van der Waals surface area contributed by atoms with E-state index in [-0.39, 0.29) is 0 Å². The smallest absolute Gasteiger partial charge is 0.327 e. The first-order chi connectivity index (χ1) is 10.2. The minimum Gasteiger partial charge on any atom is -0.478 e. The van der Waals surface area contributed by atoms with E-state index in [1.807, 2.05) is 6.08 Å². The van der Waals surface area contributed by atoms with Crippen molar-refractivity contribution < 1.29 is 19.4 Å². The predicted octanol–water partition coefficient (Wildman–Crippen LogP) is 3.18. The second-order valence-corrected chi connectivity index (χ2v) is 5.88. The fourth-order valence-corrected chi connectivity index (χ4v) is 3.39. The van der Waals surface area contributed by atoms with Gasteiger partial charge in [0, 0.05) is 18.6 Å². The number of carbonyl (C=O) groups is 1. The molecule has 0 aromatic heterocycles. The summed E-state index contributed by atoms with van der Waals surface area (Å²) in [6.07, 6.45) is 12.9. The third-order valence-electron chi connectivity index (χ3n) is 4.36. The maximum atomic E-state index is 10.4. The highest BCUT2D eigenvalue weighted by Crippen LogP contribution is 2.45. The van der Waals surface area contributed by atoms with Crippen LogP contribution in [0, 0.1) is 11.8 Å². The molecule has 4 nitrogen and oxygen atoms in total. The average molecular weight is 294 g/mol. The summed E-state index contributed by atoms with van der Waals surface area (Å²) in [5, 5.41) is 8.51. The number of carboxylic acid groups (broad SMARTS) is 1. The number of hydrogen-bond donors (Lipinski definition) is 1. The molecule has 0 aromatic rings. The van der Waals surface area contributed by atoms with Gasteiger partial charge in [-0.15, -0.1) is 0 Å². The number of ether oxygens (including phenoxy) is 2. The number of aliphatic carboxylic acids is 1. The molecule has 0 radical (unpaired) electrons. The number of fused-ring (bicyclic) bond motifs is 2. The van der Waals surface area contributed by atoms with Crippen LogP contribution in [0.25, 0.3) is 0 Å². The number of allylic oxidation sites excluding steroid dienone is 3. The largest absolute Gasteiger partial charge is 0.478 e. The van der Waals surface area contributed by atoms with Crippen molar-refractivity contribution >= 4 is 5.97 Å². The van der Waals surface area contributed by atoms with Crippen molar-refractivity contribution in [3.63, 3.8) is 0 Å². The molecule has 0 unspecified atom stereocenters. The predicted molar refractivity (Wildman–Crippen MR) is 81.1 cm³/mol. The van der Waals surface area contributed by atoms with Crippen molar-refractivity contribution in [2.75, 3.05) is 13.2 Å². The Hall–Kier alpha value is -1.13. The molecule has 21 heavy (non-hydrogen) atoms. The molecule has 2 bridgehead atoms. The van der Waals surface area contributed by atoms with E-state index in [1.54, 1.807) is 6.08 Å². The Balaban J connectivity index is 1.77. The fraction of sp³-hybridized carbons (Fsp3) is 0.706. The standard InChI is InChI=1S/C17H26O4/c1-2-11-20-12-14-13(15-9-10-16(14)21-15)7-5-3-4-6-8-17(18)19/h3,5-6,8,13-16H,2,4,7,9-12H2,1H3,(H,18,19)/b5-3-,8-6+/t13-,14+,15-,16+/m0/s1. The molecule has 0 aliphatic carbocycles. The van der Waals surface area contributed by atoms with Crippen molar-refractivity contribution in [3.05, 3.63) is 24.3 Å². The van der Waals surface area contributed by atoms with Crippen LogP contribution in [0.5, 0.6) is 0 Å². The Morgan fingerprint density at radius 3 is 2.71 bits per heavy atom. The van der Waals surface area contributed by atoms with Crippen LogP contribution in [0.1, 0.15) is 39.0 Å². The molecule has 118 valence electrons. The SMILES string of the molecule is CCCOC[C@@H]1[C@H](C/C=C\C/C=C/C(=O)O)[C@@H]2CC[C@H]1O2. The number of carboxylic acids is 1. The first kappa shape index (κ1) is 16.2. The van der Waals surface area contributed by atoms with E-state index in [0.717, 1.165) is 26.1 Å². The van der Waals surface area contributed by atoms with Crippen molar-refractivity contribution in [2.24, 2.45) is 11.8 Å². The quantitative estimate of drug-likeness (QED) is 0.403. The average Bonchev–Trinajstić information content (AvgIpc) is 3.04. The third kappa shape index (κ3) is 4.68. The Bertz CT molecular complexity index is 388. The summed E-state index contributed by atoms with van der Waals surface area (Å²) in [7, 11) is 0. The van der Waals surface area contributed by atoms with Crippen LogP contribution in [0.3, 0.4) is 0 Å². The summed E-state index contributed by atoms with van der Waals surface area (Å²) < 4.78 is 11.8. The second-order valence-electron chi connectivity index (χ2n) is 5.88. The molecule has 0 amide bonds. The zero-order chi connectivity index (χ0) is 15.1. The lowest BCUT2D eigenvalue weighted by atomic mass is 9.78. The van der Waals surface area contributed by atoms with Gasteiger partial charge >= 0.3 is 5.97 Å².